The summed E-state index contributed by atoms with van der Waals surface area (Å²) >= 11 is 1.50. The molecule has 0 fully saturated rings. The quantitative estimate of drug-likeness (QED) is 0.556. The monoisotopic (exact) mass is 393 g/mol. The van der Waals surface area contributed by atoms with Crippen LogP contribution in [0.25, 0.3) is 0 Å². The van der Waals surface area contributed by atoms with Gasteiger partial charge in [-0.25, -0.2) is 8.42 Å². The van der Waals surface area contributed by atoms with Crippen molar-refractivity contribution in [3.63, 3.8) is 0 Å². The number of Topliss-reactive ketones (excluding diaryl/α,β-unsaturated/α-hetero) is 1. The van der Waals surface area contributed by atoms with Crippen molar-refractivity contribution >= 4 is 38.8 Å². The van der Waals surface area contributed by atoms with Gasteiger partial charge in [0.05, 0.1) is 18.4 Å². The minimum atomic E-state index is -3.34. The van der Waals surface area contributed by atoms with E-state index < -0.39 is 16.0 Å². The predicted octanol–water partition coefficient (Wildman–Crippen LogP) is 2.43. The molecule has 3 rings (SSSR count). The molecule has 0 N–H and O–H groups in total. The molecular formula is C18H19NO5S2. The zero-order valence-electron chi connectivity index (χ0n) is 14.3. The number of ketones is 1. The number of sulfonamides is 1. The van der Waals surface area contributed by atoms with Crippen LogP contribution in [0.2, 0.25) is 0 Å². The molecule has 6 nitrogen and oxygen atoms in total. The molecule has 1 aromatic carbocycles. The fourth-order valence-electron chi connectivity index (χ4n) is 2.92. The van der Waals surface area contributed by atoms with Crippen LogP contribution in [-0.2, 0) is 32.4 Å². The average molecular weight is 393 g/mol. The Morgan fingerprint density at radius 3 is 2.77 bits per heavy atom. The number of fused-ring (bicyclic) bond motifs is 1. The average Bonchev–Trinajstić information content (AvgIpc) is 3.10. The number of ether oxygens (including phenoxy) is 1. The molecule has 138 valence electrons. The van der Waals surface area contributed by atoms with E-state index in [0.29, 0.717) is 30.6 Å². The molecule has 0 saturated carbocycles. The van der Waals surface area contributed by atoms with Gasteiger partial charge in [-0.3, -0.25) is 13.9 Å². The lowest BCUT2D eigenvalue weighted by Gasteiger charge is -2.29. The van der Waals surface area contributed by atoms with Crippen LogP contribution in [0, 0.1) is 0 Å². The van der Waals surface area contributed by atoms with Gasteiger partial charge < -0.3 is 4.74 Å². The van der Waals surface area contributed by atoms with Crippen molar-refractivity contribution in [3.05, 3.63) is 51.7 Å². The van der Waals surface area contributed by atoms with Gasteiger partial charge in [0.1, 0.15) is 0 Å². The molecule has 0 spiro atoms. The van der Waals surface area contributed by atoms with Crippen LogP contribution in [0.1, 0.15) is 27.9 Å². The third-order valence-electron chi connectivity index (χ3n) is 4.17. The summed E-state index contributed by atoms with van der Waals surface area (Å²) < 4.78 is 30.2. The molecule has 1 aliphatic rings. The second kappa shape index (κ2) is 7.59. The van der Waals surface area contributed by atoms with Crippen molar-refractivity contribution in [2.45, 2.75) is 19.3 Å². The molecule has 26 heavy (non-hydrogen) atoms. The Morgan fingerprint density at radius 1 is 1.27 bits per heavy atom. The van der Waals surface area contributed by atoms with Crippen molar-refractivity contribution < 1.29 is 22.7 Å². The maximum Gasteiger partial charge on any atom is 0.310 e. The standard InChI is InChI=1S/C18H19NO5S2/c1-26(22,23)19-7-2-3-14-10-15(4-5-16(14)19)17(20)11-24-18(21)9-13-6-8-25-12-13/h4-6,8,10,12H,2-3,7,9,11H2,1H3. The Bertz CT molecular complexity index is 919. The zero-order valence-corrected chi connectivity index (χ0v) is 15.9. The molecule has 0 bridgehead atoms. The summed E-state index contributed by atoms with van der Waals surface area (Å²) in [7, 11) is -3.34. The first-order valence-electron chi connectivity index (χ1n) is 8.15. The number of carbonyl (C=O) groups excluding carboxylic acids is 2. The highest BCUT2D eigenvalue weighted by molar-refractivity contribution is 7.92. The molecule has 0 unspecified atom stereocenters. The van der Waals surface area contributed by atoms with E-state index in [1.165, 1.54) is 21.9 Å². The van der Waals surface area contributed by atoms with E-state index in [-0.39, 0.29) is 18.8 Å². The smallest absolute Gasteiger partial charge is 0.310 e. The van der Waals surface area contributed by atoms with Gasteiger partial charge in [-0.05, 0) is 59.0 Å². The van der Waals surface area contributed by atoms with Crippen molar-refractivity contribution in [2.75, 3.05) is 23.7 Å². The second-order valence-corrected chi connectivity index (χ2v) is 8.86. The van der Waals surface area contributed by atoms with Gasteiger partial charge in [0.2, 0.25) is 10.0 Å². The van der Waals surface area contributed by atoms with Crippen LogP contribution >= 0.6 is 11.3 Å². The van der Waals surface area contributed by atoms with Crippen LogP contribution in [0.5, 0.6) is 0 Å². The van der Waals surface area contributed by atoms with E-state index in [9.17, 15) is 18.0 Å². The lowest BCUT2D eigenvalue weighted by molar-refractivity contribution is -0.141. The van der Waals surface area contributed by atoms with E-state index in [1.54, 1.807) is 18.2 Å². The van der Waals surface area contributed by atoms with Gasteiger partial charge in [-0.1, -0.05) is 0 Å². The van der Waals surface area contributed by atoms with E-state index >= 15 is 0 Å². The van der Waals surface area contributed by atoms with Crippen LogP contribution in [0.3, 0.4) is 0 Å². The summed E-state index contributed by atoms with van der Waals surface area (Å²) in [5.74, 6) is -0.749. The summed E-state index contributed by atoms with van der Waals surface area (Å²) in [5, 5.41) is 3.74. The fourth-order valence-corrected chi connectivity index (χ4v) is 4.59. The Balaban J connectivity index is 1.66. The molecule has 0 radical (unpaired) electrons. The minimum absolute atomic E-state index is 0.143. The maximum absolute atomic E-state index is 12.3. The van der Waals surface area contributed by atoms with Crippen LogP contribution in [0.15, 0.2) is 35.0 Å². The van der Waals surface area contributed by atoms with Gasteiger partial charge in [0.25, 0.3) is 0 Å². The Morgan fingerprint density at radius 2 is 2.08 bits per heavy atom. The van der Waals surface area contributed by atoms with Gasteiger partial charge >= 0.3 is 5.97 Å². The Hall–Kier alpha value is -2.19. The summed E-state index contributed by atoms with van der Waals surface area (Å²) in [6.45, 7) is 0.122. The molecule has 0 atom stereocenters. The number of thiophene rings is 1. The molecule has 0 amide bonds. The van der Waals surface area contributed by atoms with E-state index in [4.69, 9.17) is 4.74 Å². The van der Waals surface area contributed by atoms with Gasteiger partial charge in [-0.15, -0.1) is 0 Å². The number of nitrogens with zero attached hydrogens (tertiary/aromatic N) is 1. The van der Waals surface area contributed by atoms with Gasteiger partial charge in [0.15, 0.2) is 12.4 Å². The van der Waals surface area contributed by atoms with Crippen molar-refractivity contribution in [3.8, 4) is 0 Å². The van der Waals surface area contributed by atoms with Crippen LogP contribution in [-0.4, -0.2) is 39.6 Å². The topological polar surface area (TPSA) is 80.8 Å². The highest BCUT2D eigenvalue weighted by atomic mass is 32.2. The third-order valence-corrected chi connectivity index (χ3v) is 6.08. The Kier molecular flexibility index (Phi) is 5.43. The molecule has 2 aromatic rings. The van der Waals surface area contributed by atoms with Crippen molar-refractivity contribution in [1.82, 2.24) is 0 Å². The highest BCUT2D eigenvalue weighted by Crippen LogP contribution is 2.30. The van der Waals surface area contributed by atoms with Crippen LogP contribution in [0.4, 0.5) is 5.69 Å². The first kappa shape index (κ1) is 18.6. The number of esters is 1. The Labute approximate surface area is 156 Å². The molecule has 1 aliphatic heterocycles. The zero-order chi connectivity index (χ0) is 18.7. The second-order valence-electron chi connectivity index (χ2n) is 6.17. The summed E-state index contributed by atoms with van der Waals surface area (Å²) in [6.07, 6.45) is 2.73. The van der Waals surface area contributed by atoms with E-state index in [1.807, 2.05) is 16.8 Å². The lowest BCUT2D eigenvalue weighted by Crippen LogP contribution is -2.34. The van der Waals surface area contributed by atoms with Crippen LogP contribution < -0.4 is 4.31 Å². The number of carbonyl (C=O) groups is 2. The summed E-state index contributed by atoms with van der Waals surface area (Å²) in [6, 6.07) is 6.76. The van der Waals surface area contributed by atoms with Gasteiger partial charge in [-0.2, -0.15) is 11.3 Å². The van der Waals surface area contributed by atoms with Crippen molar-refractivity contribution in [2.24, 2.45) is 0 Å². The molecule has 2 heterocycles. The van der Waals surface area contributed by atoms with Crippen molar-refractivity contribution in [1.29, 1.82) is 0 Å². The number of hydrogen-bond acceptors (Lipinski definition) is 6. The third kappa shape index (κ3) is 4.31. The minimum Gasteiger partial charge on any atom is -0.457 e. The maximum atomic E-state index is 12.3. The normalized spacial score (nSPS) is 14.0. The number of benzene rings is 1. The number of hydrogen-bond donors (Lipinski definition) is 0. The molecule has 0 aliphatic carbocycles. The first-order valence-corrected chi connectivity index (χ1v) is 10.9. The van der Waals surface area contributed by atoms with E-state index in [0.717, 1.165) is 11.1 Å². The number of anilines is 1. The summed E-state index contributed by atoms with van der Waals surface area (Å²) in [4.78, 5) is 24.1. The number of rotatable bonds is 6. The SMILES string of the molecule is CS(=O)(=O)N1CCCc2cc(C(=O)COC(=O)Cc3ccsc3)ccc21. The van der Waals surface area contributed by atoms with E-state index in [2.05, 4.69) is 0 Å². The molecular weight excluding hydrogens is 374 g/mol. The molecule has 0 saturated heterocycles. The summed E-state index contributed by atoms with van der Waals surface area (Å²) in [5.41, 5.74) is 2.71. The molecule has 1 aromatic heterocycles. The molecule has 8 heteroatoms. The predicted molar refractivity (Wildman–Crippen MR) is 100 cm³/mol. The first-order chi connectivity index (χ1) is 12.3. The highest BCUT2D eigenvalue weighted by Gasteiger charge is 2.24. The largest absolute Gasteiger partial charge is 0.457 e. The van der Waals surface area contributed by atoms with Gasteiger partial charge in [0, 0.05) is 12.1 Å². The number of aryl methyl sites for hydroxylation is 1. The fraction of sp³-hybridized carbons (Fsp3) is 0.333. The lowest BCUT2D eigenvalue weighted by atomic mass is 9.99.